The smallest absolute Gasteiger partial charge is 0.273 e. The number of hydrogen-bond donors (Lipinski definition) is 2. The Balaban J connectivity index is 1.71. The van der Waals surface area contributed by atoms with E-state index in [1.807, 2.05) is 6.92 Å². The summed E-state index contributed by atoms with van der Waals surface area (Å²) in [6, 6.07) is 0. The Morgan fingerprint density at radius 2 is 2.00 bits per heavy atom. The Hall–Kier alpha value is -1.44. The molecule has 0 bridgehead atoms. The van der Waals surface area contributed by atoms with Crippen molar-refractivity contribution < 1.29 is 14.3 Å². The number of oxazole rings is 1. The second-order valence-corrected chi connectivity index (χ2v) is 6.76. The van der Waals surface area contributed by atoms with Crippen LogP contribution in [0.15, 0.2) is 10.7 Å². The zero-order chi connectivity index (χ0) is 18.1. The highest BCUT2D eigenvalue weighted by atomic mass is 16.3. The van der Waals surface area contributed by atoms with E-state index in [9.17, 15) is 9.90 Å². The van der Waals surface area contributed by atoms with E-state index in [1.54, 1.807) is 0 Å². The number of rotatable bonds is 10. The van der Waals surface area contributed by atoms with Crippen LogP contribution < -0.4 is 5.32 Å². The number of unbranched alkanes of at least 4 members (excludes halogenated alkanes) is 1. The molecule has 0 spiro atoms. The molecule has 1 fully saturated rings. The summed E-state index contributed by atoms with van der Waals surface area (Å²) in [7, 11) is 0. The summed E-state index contributed by atoms with van der Waals surface area (Å²) < 4.78 is 5.44. The Bertz CT molecular complexity index is 512. The summed E-state index contributed by atoms with van der Waals surface area (Å²) in [5.41, 5.74) is 0.348. The molecule has 2 heterocycles. The first-order valence-corrected chi connectivity index (χ1v) is 9.47. The Labute approximate surface area is 150 Å². The fourth-order valence-corrected chi connectivity index (χ4v) is 2.97. The van der Waals surface area contributed by atoms with Crippen molar-refractivity contribution in [2.75, 3.05) is 39.3 Å². The predicted octanol–water partition coefficient (Wildman–Crippen LogP) is 1.48. The monoisotopic (exact) mass is 352 g/mol. The second kappa shape index (κ2) is 10.5. The average Bonchev–Trinajstić information content (AvgIpc) is 3.08. The number of β-amino-alcohol motifs (C(OH)–C–C–N with tert-alkyl or cyclic N) is 1. The SMILES string of the molecule is CCCCC(O)CN1CCN(Cc2nc(C(=O)NCCC)co2)CC1. The molecule has 1 unspecified atom stereocenters. The highest BCUT2D eigenvalue weighted by Crippen LogP contribution is 2.10. The van der Waals surface area contributed by atoms with Gasteiger partial charge in [-0.2, -0.15) is 0 Å². The quantitative estimate of drug-likeness (QED) is 0.664. The van der Waals surface area contributed by atoms with Crippen molar-refractivity contribution in [1.29, 1.82) is 0 Å². The third-order valence-electron chi connectivity index (χ3n) is 4.50. The molecule has 1 aliphatic rings. The number of hydrogen-bond acceptors (Lipinski definition) is 6. The third-order valence-corrected chi connectivity index (χ3v) is 4.50. The van der Waals surface area contributed by atoms with E-state index in [0.717, 1.165) is 58.4 Å². The van der Waals surface area contributed by atoms with Crippen LogP contribution in [-0.4, -0.2) is 71.2 Å². The average molecular weight is 352 g/mol. The number of carbonyl (C=O) groups excluding carboxylic acids is 1. The normalized spacial score (nSPS) is 17.6. The van der Waals surface area contributed by atoms with Gasteiger partial charge in [-0.15, -0.1) is 0 Å². The molecule has 25 heavy (non-hydrogen) atoms. The van der Waals surface area contributed by atoms with Crippen LogP contribution in [0, 0.1) is 0 Å². The number of aliphatic hydroxyl groups excluding tert-OH is 1. The van der Waals surface area contributed by atoms with Crippen LogP contribution in [0.2, 0.25) is 0 Å². The molecule has 0 aromatic carbocycles. The first-order valence-electron chi connectivity index (χ1n) is 9.47. The van der Waals surface area contributed by atoms with Crippen molar-refractivity contribution in [3.05, 3.63) is 17.8 Å². The molecule has 0 saturated carbocycles. The van der Waals surface area contributed by atoms with Gasteiger partial charge in [0, 0.05) is 39.3 Å². The minimum atomic E-state index is -0.220. The van der Waals surface area contributed by atoms with E-state index in [0.29, 0.717) is 24.7 Å². The summed E-state index contributed by atoms with van der Waals surface area (Å²) in [6.07, 6.45) is 5.20. The lowest BCUT2D eigenvalue weighted by atomic mass is 10.1. The zero-order valence-corrected chi connectivity index (χ0v) is 15.5. The van der Waals surface area contributed by atoms with Gasteiger partial charge in [0.2, 0.25) is 5.89 Å². The molecule has 1 aromatic heterocycles. The van der Waals surface area contributed by atoms with Gasteiger partial charge in [-0.05, 0) is 12.8 Å². The molecular weight excluding hydrogens is 320 g/mol. The van der Waals surface area contributed by atoms with Gasteiger partial charge in [0.05, 0.1) is 12.6 Å². The fraction of sp³-hybridized carbons (Fsp3) is 0.778. The number of amides is 1. The van der Waals surface area contributed by atoms with Crippen molar-refractivity contribution in [1.82, 2.24) is 20.1 Å². The van der Waals surface area contributed by atoms with Crippen LogP contribution in [0.1, 0.15) is 55.9 Å². The Morgan fingerprint density at radius 3 is 2.68 bits per heavy atom. The highest BCUT2D eigenvalue weighted by molar-refractivity contribution is 5.91. The molecule has 7 nitrogen and oxygen atoms in total. The first kappa shape index (κ1) is 19.9. The molecule has 1 atom stereocenters. The summed E-state index contributed by atoms with van der Waals surface area (Å²) >= 11 is 0. The molecule has 1 amide bonds. The molecule has 1 aromatic rings. The van der Waals surface area contributed by atoms with Crippen LogP contribution in [0.4, 0.5) is 0 Å². The maximum Gasteiger partial charge on any atom is 0.273 e. The highest BCUT2D eigenvalue weighted by Gasteiger charge is 2.21. The third kappa shape index (κ3) is 6.76. The van der Waals surface area contributed by atoms with Crippen molar-refractivity contribution in [3.63, 3.8) is 0 Å². The van der Waals surface area contributed by atoms with Gasteiger partial charge in [-0.25, -0.2) is 4.98 Å². The summed E-state index contributed by atoms with van der Waals surface area (Å²) in [5, 5.41) is 12.8. The molecule has 2 N–H and O–H groups in total. The van der Waals surface area contributed by atoms with Crippen LogP contribution >= 0.6 is 0 Å². The lowest BCUT2D eigenvalue weighted by Gasteiger charge is -2.35. The molecule has 0 aliphatic carbocycles. The summed E-state index contributed by atoms with van der Waals surface area (Å²) in [5.74, 6) is 0.404. The van der Waals surface area contributed by atoms with Crippen LogP contribution in [-0.2, 0) is 6.54 Å². The summed E-state index contributed by atoms with van der Waals surface area (Å²) in [4.78, 5) is 20.7. The number of aliphatic hydroxyl groups is 1. The second-order valence-electron chi connectivity index (χ2n) is 6.76. The molecule has 0 radical (unpaired) electrons. The molecular formula is C18H32N4O3. The lowest BCUT2D eigenvalue weighted by molar-refractivity contribution is 0.0627. The van der Waals surface area contributed by atoms with E-state index in [4.69, 9.17) is 4.42 Å². The van der Waals surface area contributed by atoms with E-state index >= 15 is 0 Å². The van der Waals surface area contributed by atoms with Crippen molar-refractivity contribution in [3.8, 4) is 0 Å². The minimum Gasteiger partial charge on any atom is -0.447 e. The van der Waals surface area contributed by atoms with Crippen LogP contribution in [0.5, 0.6) is 0 Å². The van der Waals surface area contributed by atoms with Gasteiger partial charge in [0.25, 0.3) is 5.91 Å². The maximum atomic E-state index is 11.9. The number of nitrogens with one attached hydrogen (secondary N) is 1. The van der Waals surface area contributed by atoms with E-state index < -0.39 is 0 Å². The molecule has 142 valence electrons. The molecule has 1 aliphatic heterocycles. The van der Waals surface area contributed by atoms with Gasteiger partial charge in [-0.3, -0.25) is 14.6 Å². The van der Waals surface area contributed by atoms with E-state index in [-0.39, 0.29) is 12.0 Å². The van der Waals surface area contributed by atoms with E-state index in [2.05, 4.69) is 27.0 Å². The van der Waals surface area contributed by atoms with Gasteiger partial charge in [-0.1, -0.05) is 26.7 Å². The molecule has 1 saturated heterocycles. The van der Waals surface area contributed by atoms with Gasteiger partial charge in [0.1, 0.15) is 6.26 Å². The van der Waals surface area contributed by atoms with Crippen LogP contribution in [0.25, 0.3) is 0 Å². The Kier molecular flexibility index (Phi) is 8.37. The number of piperazine rings is 1. The topological polar surface area (TPSA) is 81.8 Å². The van der Waals surface area contributed by atoms with Crippen molar-refractivity contribution >= 4 is 5.91 Å². The molecule has 7 heteroatoms. The standard InChI is InChI=1S/C18H32N4O3/c1-3-5-6-15(23)12-21-8-10-22(11-9-21)13-17-20-16(14-25-17)18(24)19-7-4-2/h14-15,23H,3-13H2,1-2H3,(H,19,24). The van der Waals surface area contributed by atoms with Gasteiger partial charge in [0.15, 0.2) is 5.69 Å². The molecule has 2 rings (SSSR count). The van der Waals surface area contributed by atoms with Crippen molar-refractivity contribution in [2.24, 2.45) is 0 Å². The Morgan fingerprint density at radius 1 is 1.28 bits per heavy atom. The van der Waals surface area contributed by atoms with Gasteiger partial charge < -0.3 is 14.8 Å². The number of carbonyl (C=O) groups is 1. The predicted molar refractivity (Wildman–Crippen MR) is 96.4 cm³/mol. The number of aromatic nitrogens is 1. The zero-order valence-electron chi connectivity index (χ0n) is 15.5. The number of nitrogens with zero attached hydrogens (tertiary/aromatic N) is 3. The first-order chi connectivity index (χ1) is 12.1. The van der Waals surface area contributed by atoms with Gasteiger partial charge >= 0.3 is 0 Å². The maximum absolute atomic E-state index is 11.9. The minimum absolute atomic E-state index is 0.178. The van der Waals surface area contributed by atoms with E-state index in [1.165, 1.54) is 6.26 Å². The summed E-state index contributed by atoms with van der Waals surface area (Å²) in [6.45, 7) is 9.89. The lowest BCUT2D eigenvalue weighted by Crippen LogP contribution is -2.48. The van der Waals surface area contributed by atoms with Crippen LogP contribution in [0.3, 0.4) is 0 Å². The fourth-order valence-electron chi connectivity index (χ4n) is 2.97. The van der Waals surface area contributed by atoms with Crippen molar-refractivity contribution in [2.45, 2.75) is 52.2 Å². The largest absolute Gasteiger partial charge is 0.447 e.